The fraction of sp³-hybridized carbons (Fsp3) is 0.143. The molecule has 0 fully saturated rings. The lowest BCUT2D eigenvalue weighted by Gasteiger charge is -2.03. The van der Waals surface area contributed by atoms with Gasteiger partial charge >= 0.3 is 0 Å². The summed E-state index contributed by atoms with van der Waals surface area (Å²) in [6, 6.07) is 9.98. The third kappa shape index (κ3) is 3.06. The Morgan fingerprint density at radius 1 is 1.32 bits per heavy atom. The molecule has 112 valence electrons. The van der Waals surface area contributed by atoms with Gasteiger partial charge in [-0.1, -0.05) is 35.5 Å². The Bertz CT molecular complexity index is 775. The molecule has 1 aromatic carbocycles. The van der Waals surface area contributed by atoms with Crippen LogP contribution in [0.1, 0.15) is 16.1 Å². The Kier molecular flexibility index (Phi) is 4.01. The highest BCUT2D eigenvalue weighted by Gasteiger charge is 2.17. The van der Waals surface area contributed by atoms with Gasteiger partial charge in [0, 0.05) is 13.2 Å². The van der Waals surface area contributed by atoms with E-state index in [1.807, 2.05) is 30.3 Å². The minimum absolute atomic E-state index is 0.293. The Labute approximate surface area is 135 Å². The average molecular weight is 361 g/mol. The topological polar surface area (TPSA) is 77.6 Å². The quantitative estimate of drug-likeness (QED) is 0.772. The van der Waals surface area contributed by atoms with Crippen molar-refractivity contribution in [2.24, 2.45) is 7.05 Å². The zero-order valence-corrected chi connectivity index (χ0v) is 13.4. The zero-order valence-electron chi connectivity index (χ0n) is 11.8. The molecule has 2 heterocycles. The molecule has 0 aliphatic carbocycles. The van der Waals surface area contributed by atoms with Gasteiger partial charge in [-0.15, -0.1) is 5.10 Å². The summed E-state index contributed by atoms with van der Waals surface area (Å²) in [6.45, 7) is 0.646. The first-order chi connectivity index (χ1) is 10.6. The first-order valence-electron chi connectivity index (χ1n) is 6.56. The summed E-state index contributed by atoms with van der Waals surface area (Å²) >= 11 is 3.20. The second-order valence-corrected chi connectivity index (χ2v) is 5.47. The SMILES string of the molecule is Cn1nnc(Br)c1C(=O)Nc1cnn(Cc2ccccc2)c1. The van der Waals surface area contributed by atoms with Gasteiger partial charge in [-0.25, -0.2) is 4.68 Å². The van der Waals surface area contributed by atoms with Gasteiger partial charge in [0.2, 0.25) is 0 Å². The lowest BCUT2D eigenvalue weighted by Crippen LogP contribution is -2.16. The van der Waals surface area contributed by atoms with E-state index in [1.54, 1.807) is 24.1 Å². The van der Waals surface area contributed by atoms with Gasteiger partial charge in [0.1, 0.15) is 0 Å². The van der Waals surface area contributed by atoms with Crippen LogP contribution in [0.25, 0.3) is 0 Å². The Hall–Kier alpha value is -2.48. The molecule has 0 radical (unpaired) electrons. The minimum atomic E-state index is -0.293. The van der Waals surface area contributed by atoms with Gasteiger partial charge in [0.05, 0.1) is 18.4 Å². The highest BCUT2D eigenvalue weighted by atomic mass is 79.9. The van der Waals surface area contributed by atoms with Crippen LogP contribution in [-0.2, 0) is 13.6 Å². The number of rotatable bonds is 4. The number of aromatic nitrogens is 5. The third-order valence-corrected chi connectivity index (χ3v) is 3.61. The first-order valence-corrected chi connectivity index (χ1v) is 7.35. The molecule has 0 spiro atoms. The second kappa shape index (κ2) is 6.10. The molecule has 0 aliphatic heterocycles. The fourth-order valence-electron chi connectivity index (χ4n) is 2.05. The van der Waals surface area contributed by atoms with Gasteiger partial charge < -0.3 is 5.32 Å². The maximum atomic E-state index is 12.2. The van der Waals surface area contributed by atoms with E-state index in [-0.39, 0.29) is 5.91 Å². The number of halogens is 1. The van der Waals surface area contributed by atoms with Crippen molar-refractivity contribution < 1.29 is 4.79 Å². The molecular formula is C14H13BrN6O. The number of benzene rings is 1. The number of amides is 1. The molecule has 0 unspecified atom stereocenters. The maximum Gasteiger partial charge on any atom is 0.276 e. The van der Waals surface area contributed by atoms with Crippen LogP contribution in [-0.4, -0.2) is 30.7 Å². The van der Waals surface area contributed by atoms with Gasteiger partial charge in [-0.05, 0) is 21.5 Å². The molecule has 22 heavy (non-hydrogen) atoms. The van der Waals surface area contributed by atoms with Gasteiger partial charge in [0.25, 0.3) is 5.91 Å². The predicted molar refractivity (Wildman–Crippen MR) is 84.4 cm³/mol. The molecule has 0 aliphatic rings. The van der Waals surface area contributed by atoms with E-state index < -0.39 is 0 Å². The van der Waals surface area contributed by atoms with Crippen LogP contribution in [0.2, 0.25) is 0 Å². The number of carbonyl (C=O) groups is 1. The molecule has 2 aromatic heterocycles. The van der Waals surface area contributed by atoms with E-state index in [2.05, 4.69) is 36.7 Å². The standard InChI is InChI=1S/C14H13BrN6O/c1-20-12(13(15)18-19-20)14(22)17-11-7-16-21(9-11)8-10-5-3-2-4-6-10/h2-7,9H,8H2,1H3,(H,17,22). The Morgan fingerprint density at radius 2 is 2.09 bits per heavy atom. The molecule has 3 aromatic rings. The Morgan fingerprint density at radius 3 is 2.77 bits per heavy atom. The normalized spacial score (nSPS) is 10.6. The number of nitrogens with one attached hydrogen (secondary N) is 1. The van der Waals surface area contributed by atoms with Crippen LogP contribution in [0.4, 0.5) is 5.69 Å². The number of nitrogens with zero attached hydrogens (tertiary/aromatic N) is 5. The van der Waals surface area contributed by atoms with Crippen molar-refractivity contribution in [1.29, 1.82) is 0 Å². The van der Waals surface area contributed by atoms with Crippen LogP contribution in [0.5, 0.6) is 0 Å². The van der Waals surface area contributed by atoms with E-state index in [4.69, 9.17) is 0 Å². The summed E-state index contributed by atoms with van der Waals surface area (Å²) in [6.07, 6.45) is 3.39. The lowest BCUT2D eigenvalue weighted by atomic mass is 10.2. The smallest absolute Gasteiger partial charge is 0.276 e. The third-order valence-electron chi connectivity index (χ3n) is 3.08. The predicted octanol–water partition coefficient (Wildman–Crippen LogP) is 2.07. The number of anilines is 1. The number of carbonyl (C=O) groups excluding carboxylic acids is 1. The van der Waals surface area contributed by atoms with Crippen LogP contribution in [0.3, 0.4) is 0 Å². The molecule has 1 amide bonds. The molecule has 0 bridgehead atoms. The average Bonchev–Trinajstić information content (AvgIpc) is 3.07. The molecule has 8 heteroatoms. The minimum Gasteiger partial charge on any atom is -0.318 e. The van der Waals surface area contributed by atoms with Gasteiger partial charge in [-0.2, -0.15) is 5.10 Å². The van der Waals surface area contributed by atoms with Crippen molar-refractivity contribution in [2.45, 2.75) is 6.54 Å². The van der Waals surface area contributed by atoms with Crippen molar-refractivity contribution >= 4 is 27.5 Å². The molecule has 3 rings (SSSR count). The highest BCUT2D eigenvalue weighted by Crippen LogP contribution is 2.15. The number of hydrogen-bond donors (Lipinski definition) is 1. The maximum absolute atomic E-state index is 12.2. The second-order valence-electron chi connectivity index (χ2n) is 4.72. The van der Waals surface area contributed by atoms with Crippen LogP contribution in [0.15, 0.2) is 47.3 Å². The summed E-state index contributed by atoms with van der Waals surface area (Å²) in [5.74, 6) is -0.293. The van der Waals surface area contributed by atoms with Gasteiger partial charge in [-0.3, -0.25) is 9.48 Å². The van der Waals surface area contributed by atoms with Gasteiger partial charge in [0.15, 0.2) is 10.3 Å². The van der Waals surface area contributed by atoms with Crippen molar-refractivity contribution in [3.8, 4) is 0 Å². The summed E-state index contributed by atoms with van der Waals surface area (Å²) in [4.78, 5) is 12.2. The largest absolute Gasteiger partial charge is 0.318 e. The number of aryl methyl sites for hydroxylation is 1. The van der Waals surface area contributed by atoms with Crippen molar-refractivity contribution in [1.82, 2.24) is 24.8 Å². The van der Waals surface area contributed by atoms with E-state index in [9.17, 15) is 4.79 Å². The van der Waals surface area contributed by atoms with Crippen molar-refractivity contribution in [3.05, 3.63) is 58.6 Å². The Balaban J connectivity index is 1.71. The van der Waals surface area contributed by atoms with Crippen LogP contribution in [0, 0.1) is 0 Å². The van der Waals surface area contributed by atoms with Crippen LogP contribution >= 0.6 is 15.9 Å². The molecule has 0 saturated heterocycles. The molecule has 1 N–H and O–H groups in total. The highest BCUT2D eigenvalue weighted by molar-refractivity contribution is 9.10. The monoisotopic (exact) mass is 360 g/mol. The molecular weight excluding hydrogens is 348 g/mol. The summed E-state index contributed by atoms with van der Waals surface area (Å²) in [5, 5.41) is 14.6. The first kappa shape index (κ1) is 14.5. The number of hydrogen-bond acceptors (Lipinski definition) is 4. The summed E-state index contributed by atoms with van der Waals surface area (Å²) in [7, 11) is 1.66. The van der Waals surface area contributed by atoms with Crippen molar-refractivity contribution in [2.75, 3.05) is 5.32 Å². The van der Waals surface area contributed by atoms with E-state index in [0.717, 1.165) is 5.56 Å². The summed E-state index contributed by atoms with van der Waals surface area (Å²) < 4.78 is 3.58. The molecule has 0 atom stereocenters. The zero-order chi connectivity index (χ0) is 15.5. The van der Waals surface area contributed by atoms with E-state index >= 15 is 0 Å². The van der Waals surface area contributed by atoms with E-state index in [0.29, 0.717) is 22.5 Å². The van der Waals surface area contributed by atoms with Crippen molar-refractivity contribution in [3.63, 3.8) is 0 Å². The van der Waals surface area contributed by atoms with Crippen LogP contribution < -0.4 is 5.32 Å². The fourth-order valence-corrected chi connectivity index (χ4v) is 2.56. The molecule has 0 saturated carbocycles. The molecule has 7 nitrogen and oxygen atoms in total. The summed E-state index contributed by atoms with van der Waals surface area (Å²) in [5.41, 5.74) is 2.12. The van der Waals surface area contributed by atoms with E-state index in [1.165, 1.54) is 4.68 Å². The lowest BCUT2D eigenvalue weighted by molar-refractivity contribution is 0.101.